The van der Waals surface area contributed by atoms with Gasteiger partial charge in [-0.2, -0.15) is 0 Å². The number of rotatable bonds is 6. The number of aliphatic hydroxyl groups is 1. The van der Waals surface area contributed by atoms with Gasteiger partial charge >= 0.3 is 0 Å². The van der Waals surface area contributed by atoms with Crippen LogP contribution in [0.25, 0.3) is 0 Å². The third-order valence-electron chi connectivity index (χ3n) is 5.13. The molecule has 0 saturated carbocycles. The van der Waals surface area contributed by atoms with E-state index in [1.807, 2.05) is 18.2 Å². The van der Waals surface area contributed by atoms with Crippen LogP contribution in [0.2, 0.25) is 0 Å². The van der Waals surface area contributed by atoms with Crippen molar-refractivity contribution in [2.45, 2.75) is 30.3 Å². The molecule has 0 unspecified atom stereocenters. The van der Waals surface area contributed by atoms with Crippen LogP contribution in [0.3, 0.4) is 0 Å². The number of ether oxygens (including phenoxy) is 1. The highest BCUT2D eigenvalue weighted by Gasteiger charge is 2.40. The molecule has 3 rings (SSSR count). The highest BCUT2D eigenvalue weighted by Crippen LogP contribution is 2.36. The molecule has 0 bridgehead atoms. The van der Waals surface area contributed by atoms with E-state index in [9.17, 15) is 17.9 Å². The van der Waals surface area contributed by atoms with Gasteiger partial charge in [0.25, 0.3) is 0 Å². The Bertz CT molecular complexity index is 882. The zero-order valence-corrected chi connectivity index (χ0v) is 16.0. The second-order valence-corrected chi connectivity index (χ2v) is 8.65. The van der Waals surface area contributed by atoms with Crippen LogP contribution in [-0.2, 0) is 20.4 Å². The van der Waals surface area contributed by atoms with E-state index in [1.165, 1.54) is 12.1 Å². The van der Waals surface area contributed by atoms with Gasteiger partial charge in [0.15, 0.2) is 0 Å². The maximum Gasteiger partial charge on any atom is 0.240 e. The first-order chi connectivity index (χ1) is 12.8. The Labute approximate surface area is 159 Å². The molecule has 0 radical (unpaired) electrons. The minimum absolute atomic E-state index is 0.00582. The summed E-state index contributed by atoms with van der Waals surface area (Å²) in [5, 5.41) is 11.5. The van der Waals surface area contributed by atoms with Crippen molar-refractivity contribution in [3.05, 3.63) is 65.5 Å². The molecule has 2 aromatic rings. The summed E-state index contributed by atoms with van der Waals surface area (Å²) in [6.07, 6.45) is 1.28. The lowest BCUT2D eigenvalue weighted by atomic mass is 9.77. The lowest BCUT2D eigenvalue weighted by molar-refractivity contribution is -0.0663. The van der Waals surface area contributed by atoms with Crippen molar-refractivity contribution in [2.24, 2.45) is 5.92 Å². The van der Waals surface area contributed by atoms with Crippen molar-refractivity contribution in [1.82, 2.24) is 4.72 Å². The molecule has 0 amide bonds. The van der Waals surface area contributed by atoms with Crippen LogP contribution in [0.1, 0.15) is 24.0 Å². The second kappa shape index (κ2) is 8.06. The van der Waals surface area contributed by atoms with Gasteiger partial charge in [0.05, 0.1) is 4.90 Å². The fourth-order valence-electron chi connectivity index (χ4n) is 3.58. The van der Waals surface area contributed by atoms with E-state index in [0.29, 0.717) is 37.2 Å². The van der Waals surface area contributed by atoms with Gasteiger partial charge in [-0.15, -0.1) is 0 Å². The maximum absolute atomic E-state index is 13.3. The van der Waals surface area contributed by atoms with Crippen LogP contribution in [-0.4, -0.2) is 33.3 Å². The van der Waals surface area contributed by atoms with Gasteiger partial charge in [-0.1, -0.05) is 30.3 Å². The summed E-state index contributed by atoms with van der Waals surface area (Å²) in [6, 6.07) is 12.6. The van der Waals surface area contributed by atoms with Crippen molar-refractivity contribution in [1.29, 1.82) is 0 Å². The van der Waals surface area contributed by atoms with Crippen LogP contribution in [0, 0.1) is 18.7 Å². The Morgan fingerprint density at radius 1 is 1.19 bits per heavy atom. The van der Waals surface area contributed by atoms with Gasteiger partial charge < -0.3 is 9.84 Å². The summed E-state index contributed by atoms with van der Waals surface area (Å²) in [5.41, 5.74) is -0.376. The van der Waals surface area contributed by atoms with Crippen LogP contribution in [0.5, 0.6) is 0 Å². The van der Waals surface area contributed by atoms with Crippen LogP contribution >= 0.6 is 0 Å². The highest BCUT2D eigenvalue weighted by molar-refractivity contribution is 7.89. The summed E-state index contributed by atoms with van der Waals surface area (Å²) in [4.78, 5) is 0.00582. The van der Waals surface area contributed by atoms with Crippen molar-refractivity contribution in [2.75, 3.05) is 19.8 Å². The normalized spacial score (nSPS) is 18.2. The summed E-state index contributed by atoms with van der Waals surface area (Å²) in [6.45, 7) is 2.44. The Morgan fingerprint density at radius 3 is 2.48 bits per heavy atom. The van der Waals surface area contributed by atoms with E-state index in [0.717, 1.165) is 6.07 Å². The molecular formula is C20H24FNO4S. The first-order valence-corrected chi connectivity index (χ1v) is 10.4. The highest BCUT2D eigenvalue weighted by atomic mass is 32.2. The molecule has 2 aromatic carbocycles. The zero-order chi connectivity index (χ0) is 19.5. The van der Waals surface area contributed by atoms with E-state index in [-0.39, 0.29) is 17.4 Å². The molecule has 0 aromatic heterocycles. The van der Waals surface area contributed by atoms with E-state index < -0.39 is 21.4 Å². The number of halogens is 1. The maximum atomic E-state index is 13.3. The largest absolute Gasteiger partial charge is 0.383 e. The van der Waals surface area contributed by atoms with Gasteiger partial charge in [-0.3, -0.25) is 0 Å². The molecule has 5 nitrogen and oxygen atoms in total. The fourth-order valence-corrected chi connectivity index (χ4v) is 4.88. The molecule has 1 fully saturated rings. The third kappa shape index (κ3) is 4.38. The number of hydrogen-bond acceptors (Lipinski definition) is 4. The van der Waals surface area contributed by atoms with Crippen molar-refractivity contribution in [3.8, 4) is 0 Å². The minimum atomic E-state index is -3.90. The predicted molar refractivity (Wildman–Crippen MR) is 100 cm³/mol. The van der Waals surface area contributed by atoms with Gasteiger partial charge in [0.1, 0.15) is 11.4 Å². The average Bonchev–Trinajstić information content (AvgIpc) is 2.67. The molecule has 1 heterocycles. The quantitative estimate of drug-likeness (QED) is 0.791. The lowest BCUT2D eigenvalue weighted by Gasteiger charge is -2.39. The number of benzene rings is 2. The molecule has 0 spiro atoms. The van der Waals surface area contributed by atoms with Gasteiger partial charge in [0, 0.05) is 19.8 Å². The van der Waals surface area contributed by atoms with Crippen LogP contribution in [0.15, 0.2) is 53.4 Å². The molecule has 2 N–H and O–H groups in total. The second-order valence-electron chi connectivity index (χ2n) is 6.91. The van der Waals surface area contributed by atoms with Crippen molar-refractivity contribution >= 4 is 10.0 Å². The average molecular weight is 393 g/mol. The number of nitrogens with one attached hydrogen (secondary N) is 1. The van der Waals surface area contributed by atoms with Crippen molar-refractivity contribution in [3.63, 3.8) is 0 Å². The Balaban J connectivity index is 1.88. The molecule has 1 saturated heterocycles. The number of sulfonamides is 1. The van der Waals surface area contributed by atoms with E-state index in [1.54, 1.807) is 19.1 Å². The summed E-state index contributed by atoms with van der Waals surface area (Å²) in [7, 11) is -3.90. The molecule has 146 valence electrons. The monoisotopic (exact) mass is 393 g/mol. The molecular weight excluding hydrogens is 369 g/mol. The number of hydrogen-bond donors (Lipinski definition) is 2. The zero-order valence-electron chi connectivity index (χ0n) is 15.2. The molecule has 7 heteroatoms. The first-order valence-electron chi connectivity index (χ1n) is 8.94. The third-order valence-corrected chi connectivity index (χ3v) is 6.69. The summed E-state index contributed by atoms with van der Waals surface area (Å²) < 4.78 is 46.7. The van der Waals surface area contributed by atoms with Crippen LogP contribution in [0.4, 0.5) is 4.39 Å². The van der Waals surface area contributed by atoms with Crippen LogP contribution < -0.4 is 4.72 Å². The van der Waals surface area contributed by atoms with E-state index >= 15 is 0 Å². The standard InChI is InChI=1S/C20H24FNO4S/c1-15-13-18(21)7-8-19(15)27(24,25)22-14-20(23,16-5-3-2-4-6-16)17-9-11-26-12-10-17/h2-8,13,17,22-23H,9-12,14H2,1H3/t20-/m1/s1. The molecule has 0 aliphatic carbocycles. The first kappa shape index (κ1) is 19.9. The van der Waals surface area contributed by atoms with E-state index in [4.69, 9.17) is 4.74 Å². The Kier molecular flexibility index (Phi) is 5.95. The fraction of sp³-hybridized carbons (Fsp3) is 0.400. The molecule has 1 aliphatic heterocycles. The summed E-state index contributed by atoms with van der Waals surface area (Å²) in [5.74, 6) is -0.625. The molecule has 1 aliphatic rings. The van der Waals surface area contributed by atoms with E-state index in [2.05, 4.69) is 4.72 Å². The molecule has 1 atom stereocenters. The predicted octanol–water partition coefficient (Wildman–Crippen LogP) is 2.73. The topological polar surface area (TPSA) is 75.6 Å². The van der Waals surface area contributed by atoms with Gasteiger partial charge in [0.2, 0.25) is 10.0 Å². The Hall–Kier alpha value is -1.80. The van der Waals surface area contributed by atoms with Gasteiger partial charge in [-0.05, 0) is 55.0 Å². The molecule has 27 heavy (non-hydrogen) atoms. The summed E-state index contributed by atoms with van der Waals surface area (Å²) >= 11 is 0. The van der Waals surface area contributed by atoms with Gasteiger partial charge in [-0.25, -0.2) is 17.5 Å². The number of aryl methyl sites for hydroxylation is 1. The smallest absolute Gasteiger partial charge is 0.240 e. The Morgan fingerprint density at radius 2 is 1.85 bits per heavy atom. The minimum Gasteiger partial charge on any atom is -0.383 e. The lowest BCUT2D eigenvalue weighted by Crippen LogP contribution is -2.47. The van der Waals surface area contributed by atoms with Crippen molar-refractivity contribution < 1.29 is 22.7 Å². The SMILES string of the molecule is Cc1cc(F)ccc1S(=O)(=O)NC[C@@](O)(c1ccccc1)C1CCOCC1.